The molecule has 5 nitrogen and oxygen atoms in total. The Morgan fingerprint density at radius 1 is 1.03 bits per heavy atom. The molecule has 0 spiro atoms. The SMILES string of the molecule is CCN(CC)c1ccc(-c2ccc3cccc(OCC4COC(C)(C)O4)c3n2)cc1. The fourth-order valence-corrected chi connectivity index (χ4v) is 3.86. The first-order chi connectivity index (χ1) is 14.5. The lowest BCUT2D eigenvalue weighted by Gasteiger charge is -2.21. The molecule has 30 heavy (non-hydrogen) atoms. The van der Waals surface area contributed by atoms with E-state index in [4.69, 9.17) is 19.2 Å². The lowest BCUT2D eigenvalue weighted by Crippen LogP contribution is -2.25. The van der Waals surface area contributed by atoms with Crippen LogP contribution in [-0.2, 0) is 9.47 Å². The number of anilines is 1. The summed E-state index contributed by atoms with van der Waals surface area (Å²) >= 11 is 0. The predicted molar refractivity (Wildman–Crippen MR) is 121 cm³/mol. The molecule has 3 aromatic rings. The summed E-state index contributed by atoms with van der Waals surface area (Å²) in [6.07, 6.45) is -0.0777. The predicted octanol–water partition coefficient (Wildman–Crippen LogP) is 5.28. The van der Waals surface area contributed by atoms with E-state index in [2.05, 4.69) is 61.2 Å². The van der Waals surface area contributed by atoms with Crippen molar-refractivity contribution in [2.24, 2.45) is 0 Å². The first-order valence-electron chi connectivity index (χ1n) is 10.7. The zero-order chi connectivity index (χ0) is 21.1. The van der Waals surface area contributed by atoms with Crippen molar-refractivity contribution >= 4 is 16.6 Å². The highest BCUT2D eigenvalue weighted by atomic mass is 16.7. The molecule has 1 unspecified atom stereocenters. The van der Waals surface area contributed by atoms with Crippen LogP contribution in [-0.4, -0.2) is 43.2 Å². The standard InChI is InChI=1S/C25H30N2O3/c1-5-27(6-2)20-13-10-18(11-14-20)22-15-12-19-8-7-9-23(24(19)26-22)28-16-21-17-29-25(3,4)30-21/h7-15,21H,5-6,16-17H2,1-4H3. The zero-order valence-electron chi connectivity index (χ0n) is 18.2. The van der Waals surface area contributed by atoms with Crippen molar-refractivity contribution < 1.29 is 14.2 Å². The molecule has 2 aromatic carbocycles. The maximum Gasteiger partial charge on any atom is 0.163 e. The highest BCUT2D eigenvalue weighted by Crippen LogP contribution is 2.29. The third-order valence-corrected chi connectivity index (χ3v) is 5.47. The van der Waals surface area contributed by atoms with Crippen LogP contribution in [0.25, 0.3) is 22.2 Å². The Bertz CT molecular complexity index is 997. The maximum atomic E-state index is 6.09. The van der Waals surface area contributed by atoms with Gasteiger partial charge in [0, 0.05) is 29.7 Å². The third kappa shape index (κ3) is 4.42. The molecule has 0 radical (unpaired) electrons. The molecule has 0 N–H and O–H groups in total. The summed E-state index contributed by atoms with van der Waals surface area (Å²) in [5.74, 6) is 0.220. The number of ether oxygens (including phenoxy) is 3. The molecule has 158 valence electrons. The molecule has 1 atom stereocenters. The summed E-state index contributed by atoms with van der Waals surface area (Å²) in [6, 6.07) is 18.8. The second kappa shape index (κ2) is 8.62. The monoisotopic (exact) mass is 406 g/mol. The lowest BCUT2D eigenvalue weighted by molar-refractivity contribution is -0.141. The average Bonchev–Trinajstić information content (AvgIpc) is 3.12. The maximum absolute atomic E-state index is 6.09. The Morgan fingerprint density at radius 3 is 2.47 bits per heavy atom. The number of aromatic nitrogens is 1. The van der Waals surface area contributed by atoms with Crippen LogP contribution in [0.2, 0.25) is 0 Å². The van der Waals surface area contributed by atoms with Crippen LogP contribution in [0.15, 0.2) is 54.6 Å². The Kier molecular flexibility index (Phi) is 5.93. The van der Waals surface area contributed by atoms with E-state index in [0.29, 0.717) is 13.2 Å². The van der Waals surface area contributed by atoms with Gasteiger partial charge in [-0.25, -0.2) is 4.98 Å². The van der Waals surface area contributed by atoms with Crippen molar-refractivity contribution in [1.82, 2.24) is 4.98 Å². The molecule has 0 saturated carbocycles. The van der Waals surface area contributed by atoms with E-state index < -0.39 is 5.79 Å². The summed E-state index contributed by atoms with van der Waals surface area (Å²) in [5.41, 5.74) is 4.12. The van der Waals surface area contributed by atoms with E-state index >= 15 is 0 Å². The van der Waals surface area contributed by atoms with Crippen LogP contribution in [0.5, 0.6) is 5.75 Å². The van der Waals surface area contributed by atoms with Gasteiger partial charge in [-0.05, 0) is 52.0 Å². The number of hydrogen-bond donors (Lipinski definition) is 0. The molecule has 1 aliphatic rings. The zero-order valence-corrected chi connectivity index (χ0v) is 18.2. The van der Waals surface area contributed by atoms with Gasteiger partial charge in [0.2, 0.25) is 0 Å². The topological polar surface area (TPSA) is 43.8 Å². The van der Waals surface area contributed by atoms with E-state index in [1.165, 1.54) is 5.69 Å². The molecule has 1 fully saturated rings. The summed E-state index contributed by atoms with van der Waals surface area (Å²) in [6.45, 7) is 11.2. The molecular formula is C25H30N2O3. The van der Waals surface area contributed by atoms with E-state index in [1.54, 1.807) is 0 Å². The second-order valence-electron chi connectivity index (χ2n) is 8.01. The van der Waals surface area contributed by atoms with Crippen molar-refractivity contribution in [2.75, 3.05) is 31.2 Å². The molecule has 0 bridgehead atoms. The first kappa shape index (κ1) is 20.6. The van der Waals surface area contributed by atoms with Gasteiger partial charge in [0.05, 0.1) is 12.3 Å². The molecule has 4 rings (SSSR count). The largest absolute Gasteiger partial charge is 0.488 e. The first-order valence-corrected chi connectivity index (χ1v) is 10.7. The minimum Gasteiger partial charge on any atom is -0.488 e. The van der Waals surface area contributed by atoms with E-state index in [9.17, 15) is 0 Å². The molecule has 2 heterocycles. The Labute approximate surface area is 178 Å². The molecule has 0 aliphatic carbocycles. The number of fused-ring (bicyclic) bond motifs is 1. The van der Waals surface area contributed by atoms with Crippen molar-refractivity contribution in [3.8, 4) is 17.0 Å². The van der Waals surface area contributed by atoms with Gasteiger partial charge < -0.3 is 19.1 Å². The van der Waals surface area contributed by atoms with Gasteiger partial charge in [0.25, 0.3) is 0 Å². The quantitative estimate of drug-likeness (QED) is 0.534. The van der Waals surface area contributed by atoms with Crippen molar-refractivity contribution in [3.05, 3.63) is 54.6 Å². The van der Waals surface area contributed by atoms with Crippen LogP contribution >= 0.6 is 0 Å². The highest BCUT2D eigenvalue weighted by molar-refractivity contribution is 5.86. The van der Waals surface area contributed by atoms with Crippen LogP contribution in [0.1, 0.15) is 27.7 Å². The Balaban J connectivity index is 1.56. The number of hydrogen-bond acceptors (Lipinski definition) is 5. The Hall–Kier alpha value is -2.63. The molecule has 1 aromatic heterocycles. The lowest BCUT2D eigenvalue weighted by atomic mass is 10.1. The van der Waals surface area contributed by atoms with Gasteiger partial charge in [0.15, 0.2) is 5.79 Å². The number of para-hydroxylation sites is 1. The van der Waals surface area contributed by atoms with E-state index in [0.717, 1.165) is 41.0 Å². The fourth-order valence-electron chi connectivity index (χ4n) is 3.86. The second-order valence-corrected chi connectivity index (χ2v) is 8.01. The Morgan fingerprint density at radius 2 is 1.80 bits per heavy atom. The number of benzene rings is 2. The summed E-state index contributed by atoms with van der Waals surface area (Å²) in [7, 11) is 0. The van der Waals surface area contributed by atoms with E-state index in [1.807, 2.05) is 26.0 Å². The minimum atomic E-state index is -0.546. The van der Waals surface area contributed by atoms with Crippen LogP contribution < -0.4 is 9.64 Å². The average molecular weight is 407 g/mol. The van der Waals surface area contributed by atoms with Gasteiger partial charge in [-0.1, -0.05) is 30.3 Å². The van der Waals surface area contributed by atoms with Gasteiger partial charge >= 0.3 is 0 Å². The van der Waals surface area contributed by atoms with Gasteiger partial charge in [-0.15, -0.1) is 0 Å². The fraction of sp³-hybridized carbons (Fsp3) is 0.400. The molecular weight excluding hydrogens is 376 g/mol. The summed E-state index contributed by atoms with van der Waals surface area (Å²) in [4.78, 5) is 7.26. The number of rotatable bonds is 7. The van der Waals surface area contributed by atoms with Crippen LogP contribution in [0.3, 0.4) is 0 Å². The molecule has 0 amide bonds. The van der Waals surface area contributed by atoms with Crippen molar-refractivity contribution in [2.45, 2.75) is 39.6 Å². The van der Waals surface area contributed by atoms with Gasteiger partial charge in [0.1, 0.15) is 24.0 Å². The molecule has 1 saturated heterocycles. The van der Waals surface area contributed by atoms with Crippen molar-refractivity contribution in [1.29, 1.82) is 0 Å². The van der Waals surface area contributed by atoms with Crippen molar-refractivity contribution in [3.63, 3.8) is 0 Å². The highest BCUT2D eigenvalue weighted by Gasteiger charge is 2.33. The van der Waals surface area contributed by atoms with Crippen LogP contribution in [0.4, 0.5) is 5.69 Å². The summed E-state index contributed by atoms with van der Waals surface area (Å²) in [5, 5.41) is 1.06. The third-order valence-electron chi connectivity index (χ3n) is 5.47. The van der Waals surface area contributed by atoms with Crippen LogP contribution in [0, 0.1) is 0 Å². The number of pyridine rings is 1. The van der Waals surface area contributed by atoms with E-state index in [-0.39, 0.29) is 6.10 Å². The number of nitrogens with zero attached hydrogens (tertiary/aromatic N) is 2. The van der Waals surface area contributed by atoms with Gasteiger partial charge in [-0.3, -0.25) is 0 Å². The van der Waals surface area contributed by atoms with Gasteiger partial charge in [-0.2, -0.15) is 0 Å². The molecule has 1 aliphatic heterocycles. The smallest absolute Gasteiger partial charge is 0.163 e. The minimum absolute atomic E-state index is 0.0777. The normalized spacial score (nSPS) is 17.9. The summed E-state index contributed by atoms with van der Waals surface area (Å²) < 4.78 is 17.6. The molecule has 5 heteroatoms.